The van der Waals surface area contributed by atoms with E-state index in [2.05, 4.69) is 10.3 Å². The average Bonchev–Trinajstić information content (AvgIpc) is 3.55. The Bertz CT molecular complexity index is 1410. The number of benzene rings is 1. The smallest absolute Gasteiger partial charge is 0.261 e. The quantitative estimate of drug-likeness (QED) is 0.358. The number of likely N-dealkylation sites (tertiary alicyclic amines) is 1. The van der Waals surface area contributed by atoms with Gasteiger partial charge in [-0.1, -0.05) is 0 Å². The summed E-state index contributed by atoms with van der Waals surface area (Å²) in [5.41, 5.74) is 7.14. The number of aryl methyl sites for hydroxylation is 1. The van der Waals surface area contributed by atoms with Gasteiger partial charge < -0.3 is 34.9 Å². The number of hydrogen-bond acceptors (Lipinski definition) is 9. The number of primary amides is 1. The molecule has 4 rings (SSSR count). The number of pyridine rings is 1. The fourth-order valence-corrected chi connectivity index (χ4v) is 5.55. The van der Waals surface area contributed by atoms with E-state index in [1.807, 2.05) is 32.9 Å². The number of fused-ring (bicyclic) bond motifs is 1. The van der Waals surface area contributed by atoms with Crippen LogP contribution < -0.4 is 25.3 Å². The molecule has 1 saturated heterocycles. The predicted molar refractivity (Wildman–Crippen MR) is 150 cm³/mol. The van der Waals surface area contributed by atoms with E-state index in [4.69, 9.17) is 24.7 Å². The van der Waals surface area contributed by atoms with Gasteiger partial charge in [-0.3, -0.25) is 14.4 Å². The summed E-state index contributed by atoms with van der Waals surface area (Å²) in [6.07, 6.45) is -0.427. The van der Waals surface area contributed by atoms with E-state index in [1.54, 1.807) is 32.4 Å². The molecule has 11 nitrogen and oxygen atoms in total. The number of nitrogens with one attached hydrogen (secondary N) is 1. The number of amides is 3. The maximum absolute atomic E-state index is 13.1. The van der Waals surface area contributed by atoms with Crippen molar-refractivity contribution < 1.29 is 33.3 Å². The van der Waals surface area contributed by atoms with E-state index in [-0.39, 0.29) is 31.5 Å². The Balaban J connectivity index is 1.51. The van der Waals surface area contributed by atoms with E-state index in [9.17, 15) is 14.4 Å². The minimum absolute atomic E-state index is 0.112. The van der Waals surface area contributed by atoms with Gasteiger partial charge in [0.15, 0.2) is 0 Å². The molecule has 12 heteroatoms. The number of hydrogen-bond donors (Lipinski definition) is 2. The van der Waals surface area contributed by atoms with Crippen LogP contribution in [0.4, 0.5) is 0 Å². The van der Waals surface area contributed by atoms with Crippen LogP contribution in [0.5, 0.6) is 17.4 Å². The molecule has 40 heavy (non-hydrogen) atoms. The van der Waals surface area contributed by atoms with E-state index in [1.165, 1.54) is 16.2 Å². The van der Waals surface area contributed by atoms with Crippen molar-refractivity contribution in [1.29, 1.82) is 0 Å². The first kappa shape index (κ1) is 29.1. The molecule has 3 amide bonds. The van der Waals surface area contributed by atoms with Crippen LogP contribution in [0.1, 0.15) is 40.4 Å². The third kappa shape index (κ3) is 6.45. The summed E-state index contributed by atoms with van der Waals surface area (Å²) in [5, 5.41) is 3.37. The van der Waals surface area contributed by atoms with Crippen molar-refractivity contribution in [2.75, 3.05) is 27.3 Å². The summed E-state index contributed by atoms with van der Waals surface area (Å²) in [7, 11) is 3.17. The molecule has 214 valence electrons. The van der Waals surface area contributed by atoms with Crippen molar-refractivity contribution in [2.45, 2.75) is 52.0 Å². The van der Waals surface area contributed by atoms with Crippen LogP contribution in [-0.4, -0.2) is 73.2 Å². The molecular formula is C28H34N4O7S. The fourth-order valence-electron chi connectivity index (χ4n) is 4.65. The van der Waals surface area contributed by atoms with Crippen molar-refractivity contribution in [3.8, 4) is 17.4 Å². The third-order valence-electron chi connectivity index (χ3n) is 6.48. The Labute approximate surface area is 236 Å². The zero-order valence-corrected chi connectivity index (χ0v) is 24.0. The van der Waals surface area contributed by atoms with Gasteiger partial charge in [-0.05, 0) is 45.0 Å². The SMILES string of the molecule is COCc1ccc(C(=O)NCC(=O)N2C[C@H](Oc3cc(OC(C)C)nc4c(C)c(OC)ccc34)C[C@H]2C(N)=O)s1. The maximum atomic E-state index is 13.1. The lowest BCUT2D eigenvalue weighted by molar-refractivity contribution is -0.136. The number of aromatic nitrogens is 1. The maximum Gasteiger partial charge on any atom is 0.261 e. The zero-order chi connectivity index (χ0) is 29.0. The normalized spacial score (nSPS) is 16.8. The molecule has 1 aromatic carbocycles. The second kappa shape index (κ2) is 12.5. The summed E-state index contributed by atoms with van der Waals surface area (Å²) < 4.78 is 22.8. The number of thiophene rings is 1. The lowest BCUT2D eigenvalue weighted by atomic mass is 10.1. The third-order valence-corrected chi connectivity index (χ3v) is 7.53. The first-order valence-electron chi connectivity index (χ1n) is 12.9. The molecule has 0 unspecified atom stereocenters. The first-order chi connectivity index (χ1) is 19.1. The topological polar surface area (TPSA) is 142 Å². The molecule has 0 radical (unpaired) electrons. The van der Waals surface area contributed by atoms with Crippen molar-refractivity contribution in [1.82, 2.24) is 15.2 Å². The molecule has 0 saturated carbocycles. The van der Waals surface area contributed by atoms with Crippen LogP contribution in [0.2, 0.25) is 0 Å². The molecule has 1 fully saturated rings. The van der Waals surface area contributed by atoms with Gasteiger partial charge in [0.25, 0.3) is 5.91 Å². The lowest BCUT2D eigenvalue weighted by Crippen LogP contribution is -2.47. The number of ether oxygens (including phenoxy) is 4. The molecule has 1 aliphatic heterocycles. The molecule has 3 aromatic rings. The van der Waals surface area contributed by atoms with Crippen LogP contribution in [0.15, 0.2) is 30.3 Å². The standard InChI is InChI=1S/C28H34N4O7S/c1-15(2)38-24-11-22(19-7-8-21(37-5)16(3)26(19)31-24)39-17-10-20(27(29)34)32(13-17)25(33)12-30-28(35)23-9-6-18(40-23)14-36-4/h6-9,11,15,17,20H,10,12-14H2,1-5H3,(H2,29,34)(H,30,35)/t17-,20+/m1/s1. The van der Waals surface area contributed by atoms with Crippen LogP contribution >= 0.6 is 11.3 Å². The average molecular weight is 571 g/mol. The van der Waals surface area contributed by atoms with E-state index >= 15 is 0 Å². The second-order valence-electron chi connectivity index (χ2n) is 9.74. The highest BCUT2D eigenvalue weighted by molar-refractivity contribution is 7.14. The Kier molecular flexibility index (Phi) is 9.10. The van der Waals surface area contributed by atoms with Crippen LogP contribution in [-0.2, 0) is 20.9 Å². The van der Waals surface area contributed by atoms with E-state index in [0.717, 1.165) is 15.8 Å². The molecule has 0 bridgehead atoms. The monoisotopic (exact) mass is 570 g/mol. The number of methoxy groups -OCH3 is 2. The largest absolute Gasteiger partial charge is 0.496 e. The molecule has 0 spiro atoms. The molecule has 0 aliphatic carbocycles. The Morgan fingerprint density at radius 1 is 1.18 bits per heavy atom. The molecule has 2 atom stereocenters. The molecule has 1 aliphatic rings. The predicted octanol–water partition coefficient (Wildman–Crippen LogP) is 2.81. The molecule has 2 aromatic heterocycles. The second-order valence-corrected chi connectivity index (χ2v) is 10.9. The Morgan fingerprint density at radius 3 is 2.62 bits per heavy atom. The number of nitrogens with zero attached hydrogens (tertiary/aromatic N) is 2. The van der Waals surface area contributed by atoms with Crippen molar-refractivity contribution in [2.24, 2.45) is 5.73 Å². The van der Waals surface area contributed by atoms with Gasteiger partial charge in [-0.2, -0.15) is 0 Å². The lowest BCUT2D eigenvalue weighted by Gasteiger charge is -2.22. The molecular weight excluding hydrogens is 536 g/mol. The summed E-state index contributed by atoms with van der Waals surface area (Å²) in [6, 6.07) is 8.00. The number of carbonyl (C=O) groups excluding carboxylic acids is 3. The fraction of sp³-hybridized carbons (Fsp3) is 0.429. The zero-order valence-electron chi connectivity index (χ0n) is 23.2. The minimum Gasteiger partial charge on any atom is -0.496 e. The van der Waals surface area contributed by atoms with Crippen LogP contribution in [0, 0.1) is 6.92 Å². The van der Waals surface area contributed by atoms with Crippen molar-refractivity contribution in [3.05, 3.63) is 45.6 Å². The van der Waals surface area contributed by atoms with Crippen LogP contribution in [0.3, 0.4) is 0 Å². The van der Waals surface area contributed by atoms with Gasteiger partial charge in [0.1, 0.15) is 23.6 Å². The Hall–Kier alpha value is -3.90. The van der Waals surface area contributed by atoms with Gasteiger partial charge in [0.2, 0.25) is 17.7 Å². The minimum atomic E-state index is -0.870. The number of nitrogens with two attached hydrogens (primary N) is 1. The number of carbonyl (C=O) groups is 3. The molecule has 3 N–H and O–H groups in total. The first-order valence-corrected chi connectivity index (χ1v) is 13.7. The van der Waals surface area contributed by atoms with Crippen molar-refractivity contribution >= 4 is 40.0 Å². The van der Waals surface area contributed by atoms with Crippen LogP contribution in [0.25, 0.3) is 10.9 Å². The summed E-state index contributed by atoms with van der Waals surface area (Å²) in [6.45, 7) is 5.95. The highest BCUT2D eigenvalue weighted by Gasteiger charge is 2.40. The summed E-state index contributed by atoms with van der Waals surface area (Å²) >= 11 is 1.29. The van der Waals surface area contributed by atoms with E-state index < -0.39 is 24.0 Å². The van der Waals surface area contributed by atoms with E-state index in [0.29, 0.717) is 34.4 Å². The van der Waals surface area contributed by atoms with Gasteiger partial charge in [0.05, 0.1) is 43.3 Å². The van der Waals surface area contributed by atoms with Gasteiger partial charge in [-0.15, -0.1) is 11.3 Å². The summed E-state index contributed by atoms with van der Waals surface area (Å²) in [4.78, 5) is 45.3. The van der Waals surface area contributed by atoms with Gasteiger partial charge in [-0.25, -0.2) is 4.98 Å². The van der Waals surface area contributed by atoms with Crippen molar-refractivity contribution in [3.63, 3.8) is 0 Å². The highest BCUT2D eigenvalue weighted by Crippen LogP contribution is 2.36. The summed E-state index contributed by atoms with van der Waals surface area (Å²) in [5.74, 6) is 0.120. The highest BCUT2D eigenvalue weighted by atomic mass is 32.1. The van der Waals surface area contributed by atoms with Gasteiger partial charge >= 0.3 is 0 Å². The molecule has 3 heterocycles. The Morgan fingerprint density at radius 2 is 1.95 bits per heavy atom. The number of rotatable bonds is 11. The van der Waals surface area contributed by atoms with Gasteiger partial charge in [0, 0.05) is 35.4 Å².